The van der Waals surface area contributed by atoms with Gasteiger partial charge in [-0.2, -0.15) is 0 Å². The van der Waals surface area contributed by atoms with Crippen LogP contribution in [0.3, 0.4) is 0 Å². The van der Waals surface area contributed by atoms with Gasteiger partial charge in [-0.15, -0.1) is 23.7 Å². The smallest absolute Gasteiger partial charge is 0.0413 e. The molecule has 0 aromatic carbocycles. The minimum absolute atomic E-state index is 0. The number of nitrogens with two attached hydrogens (primary N) is 1. The quantitative estimate of drug-likeness (QED) is 0.870. The molecule has 2 nitrogen and oxygen atoms in total. The van der Waals surface area contributed by atoms with Gasteiger partial charge in [0.15, 0.2) is 0 Å². The van der Waals surface area contributed by atoms with Gasteiger partial charge in [-0.1, -0.05) is 6.07 Å². The summed E-state index contributed by atoms with van der Waals surface area (Å²) >= 11 is 1.85. The summed E-state index contributed by atoms with van der Waals surface area (Å²) in [5.41, 5.74) is 5.89. The average molecular weight is 247 g/mol. The van der Waals surface area contributed by atoms with Crippen LogP contribution in [-0.2, 0) is 0 Å². The number of halogens is 1. The van der Waals surface area contributed by atoms with Crippen LogP contribution >= 0.6 is 23.7 Å². The Morgan fingerprint density at radius 1 is 1.47 bits per heavy atom. The third kappa shape index (κ3) is 3.18. The zero-order valence-electron chi connectivity index (χ0n) is 9.06. The molecule has 2 heterocycles. The number of thiophene rings is 1. The number of likely N-dealkylation sites (tertiary alicyclic amines) is 1. The van der Waals surface area contributed by atoms with Gasteiger partial charge in [0.1, 0.15) is 0 Å². The predicted molar refractivity (Wildman–Crippen MR) is 68.8 cm³/mol. The molecule has 1 aromatic rings. The molecule has 0 bridgehead atoms. The fraction of sp³-hybridized carbons (Fsp3) is 0.636. The fourth-order valence-corrected chi connectivity index (χ4v) is 2.83. The molecule has 0 amide bonds. The van der Waals surface area contributed by atoms with Gasteiger partial charge in [0, 0.05) is 30.1 Å². The van der Waals surface area contributed by atoms with E-state index in [9.17, 15) is 0 Å². The highest BCUT2D eigenvalue weighted by atomic mass is 35.5. The number of nitrogens with zero attached hydrogens (tertiary/aromatic N) is 1. The zero-order valence-corrected chi connectivity index (χ0v) is 10.7. The normalized spacial score (nSPS) is 20.9. The summed E-state index contributed by atoms with van der Waals surface area (Å²) in [7, 11) is 0. The van der Waals surface area contributed by atoms with Gasteiger partial charge in [0.25, 0.3) is 0 Å². The van der Waals surface area contributed by atoms with Crippen molar-refractivity contribution >= 4 is 23.7 Å². The van der Waals surface area contributed by atoms with Crippen LogP contribution in [-0.4, -0.2) is 24.0 Å². The summed E-state index contributed by atoms with van der Waals surface area (Å²) < 4.78 is 0. The van der Waals surface area contributed by atoms with Crippen LogP contribution in [0.5, 0.6) is 0 Å². The molecule has 0 radical (unpaired) electrons. The van der Waals surface area contributed by atoms with E-state index in [0.29, 0.717) is 12.1 Å². The van der Waals surface area contributed by atoms with Crippen LogP contribution in [0.25, 0.3) is 0 Å². The molecular weight excluding hydrogens is 228 g/mol. The van der Waals surface area contributed by atoms with Gasteiger partial charge in [-0.3, -0.25) is 4.90 Å². The minimum Gasteiger partial charge on any atom is -0.328 e. The maximum Gasteiger partial charge on any atom is 0.0413 e. The maximum atomic E-state index is 5.89. The summed E-state index contributed by atoms with van der Waals surface area (Å²) in [5.74, 6) is 0. The SMILES string of the molecule is CC(c1cccs1)N1CCC(N)CC1.Cl. The highest BCUT2D eigenvalue weighted by molar-refractivity contribution is 7.10. The maximum absolute atomic E-state index is 5.89. The largest absolute Gasteiger partial charge is 0.328 e. The summed E-state index contributed by atoms with van der Waals surface area (Å²) in [6.07, 6.45) is 2.30. The summed E-state index contributed by atoms with van der Waals surface area (Å²) in [6.45, 7) is 4.60. The monoisotopic (exact) mass is 246 g/mol. The molecule has 0 spiro atoms. The Labute approximate surface area is 102 Å². The lowest BCUT2D eigenvalue weighted by Crippen LogP contribution is -2.40. The van der Waals surface area contributed by atoms with Crippen molar-refractivity contribution in [3.05, 3.63) is 22.4 Å². The Kier molecular flexibility index (Phi) is 5.06. The van der Waals surface area contributed by atoms with Crippen LogP contribution in [0.2, 0.25) is 0 Å². The highest BCUT2D eigenvalue weighted by Crippen LogP contribution is 2.26. The first-order valence-corrected chi connectivity index (χ1v) is 6.18. The average Bonchev–Trinajstić information content (AvgIpc) is 2.71. The van der Waals surface area contributed by atoms with Gasteiger partial charge in [-0.05, 0) is 31.2 Å². The molecule has 1 aliphatic rings. The van der Waals surface area contributed by atoms with Gasteiger partial charge in [0.05, 0.1) is 0 Å². The summed E-state index contributed by atoms with van der Waals surface area (Å²) in [4.78, 5) is 4.01. The molecule has 86 valence electrons. The topological polar surface area (TPSA) is 29.3 Å². The molecule has 0 saturated carbocycles. The molecule has 15 heavy (non-hydrogen) atoms. The Hall–Kier alpha value is -0.0900. The van der Waals surface area contributed by atoms with Crippen molar-refractivity contribution in [2.24, 2.45) is 5.73 Å². The van der Waals surface area contributed by atoms with Gasteiger partial charge in [0.2, 0.25) is 0 Å². The number of piperidine rings is 1. The zero-order chi connectivity index (χ0) is 9.97. The Morgan fingerprint density at radius 3 is 2.67 bits per heavy atom. The molecule has 0 aliphatic carbocycles. The molecule has 1 saturated heterocycles. The summed E-state index contributed by atoms with van der Waals surface area (Å²) in [5, 5.41) is 2.15. The molecule has 2 N–H and O–H groups in total. The molecule has 1 fully saturated rings. The van der Waals surface area contributed by atoms with E-state index >= 15 is 0 Å². The van der Waals surface area contributed by atoms with E-state index in [4.69, 9.17) is 5.73 Å². The Balaban J connectivity index is 0.00000112. The second-order valence-electron chi connectivity index (χ2n) is 4.06. The van der Waals surface area contributed by atoms with Gasteiger partial charge >= 0.3 is 0 Å². The number of rotatable bonds is 2. The standard InChI is InChI=1S/C11H18N2S.ClH/c1-9(11-3-2-8-14-11)13-6-4-10(12)5-7-13;/h2-3,8-10H,4-7,12H2,1H3;1H. The molecule has 4 heteroatoms. The Morgan fingerprint density at radius 2 is 2.13 bits per heavy atom. The molecular formula is C11H19ClN2S. The van der Waals surface area contributed by atoms with Crippen molar-refractivity contribution in [2.45, 2.75) is 31.8 Å². The third-order valence-electron chi connectivity index (χ3n) is 3.08. The molecule has 1 aromatic heterocycles. The van der Waals surface area contributed by atoms with E-state index in [0.717, 1.165) is 25.9 Å². The van der Waals surface area contributed by atoms with E-state index in [1.807, 2.05) is 11.3 Å². The number of hydrogen-bond donors (Lipinski definition) is 1. The fourth-order valence-electron chi connectivity index (χ4n) is 2.02. The Bertz CT molecular complexity index is 268. The van der Waals surface area contributed by atoms with Crippen molar-refractivity contribution in [3.63, 3.8) is 0 Å². The lowest BCUT2D eigenvalue weighted by molar-refractivity contribution is 0.165. The van der Waals surface area contributed by atoms with Crippen molar-refractivity contribution < 1.29 is 0 Å². The van der Waals surface area contributed by atoms with Crippen molar-refractivity contribution in [1.29, 1.82) is 0 Å². The van der Waals surface area contributed by atoms with E-state index in [-0.39, 0.29) is 12.4 Å². The van der Waals surface area contributed by atoms with Crippen LogP contribution < -0.4 is 5.73 Å². The van der Waals surface area contributed by atoms with Crippen LogP contribution in [0.15, 0.2) is 17.5 Å². The second-order valence-corrected chi connectivity index (χ2v) is 5.04. The van der Waals surface area contributed by atoms with Crippen molar-refractivity contribution in [1.82, 2.24) is 4.90 Å². The summed E-state index contributed by atoms with van der Waals surface area (Å²) in [6, 6.07) is 5.36. The van der Waals surface area contributed by atoms with E-state index < -0.39 is 0 Å². The van der Waals surface area contributed by atoms with E-state index in [2.05, 4.69) is 29.3 Å². The lowest BCUT2D eigenvalue weighted by Gasteiger charge is -2.34. The first-order valence-electron chi connectivity index (χ1n) is 5.30. The third-order valence-corrected chi connectivity index (χ3v) is 4.12. The van der Waals surface area contributed by atoms with E-state index in [1.165, 1.54) is 4.88 Å². The van der Waals surface area contributed by atoms with Crippen LogP contribution in [0.1, 0.15) is 30.7 Å². The molecule has 1 unspecified atom stereocenters. The highest BCUT2D eigenvalue weighted by Gasteiger charge is 2.21. The van der Waals surface area contributed by atoms with Gasteiger partial charge < -0.3 is 5.73 Å². The minimum atomic E-state index is 0. The molecule has 2 rings (SSSR count). The van der Waals surface area contributed by atoms with Crippen LogP contribution in [0.4, 0.5) is 0 Å². The second kappa shape index (κ2) is 5.85. The van der Waals surface area contributed by atoms with Crippen LogP contribution in [0, 0.1) is 0 Å². The predicted octanol–water partition coefficient (Wildman–Crippen LogP) is 2.65. The van der Waals surface area contributed by atoms with Gasteiger partial charge in [-0.25, -0.2) is 0 Å². The van der Waals surface area contributed by atoms with Crippen molar-refractivity contribution in [3.8, 4) is 0 Å². The molecule has 1 aliphatic heterocycles. The number of hydrogen-bond acceptors (Lipinski definition) is 3. The van der Waals surface area contributed by atoms with E-state index in [1.54, 1.807) is 0 Å². The first-order chi connectivity index (χ1) is 6.77. The lowest BCUT2D eigenvalue weighted by atomic mass is 10.0. The molecule has 1 atom stereocenters. The first kappa shape index (κ1) is 13.0. The van der Waals surface area contributed by atoms with Crippen molar-refractivity contribution in [2.75, 3.05) is 13.1 Å².